The molecule has 5 rings (SSSR count). The van der Waals surface area contributed by atoms with Crippen LogP contribution in [0.1, 0.15) is 105 Å². The molecule has 0 radical (unpaired) electrons. The van der Waals surface area contributed by atoms with E-state index in [1.165, 1.54) is 22.3 Å². The molecule has 5 heteroatoms. The van der Waals surface area contributed by atoms with Crippen molar-refractivity contribution in [2.75, 3.05) is 16.5 Å². The average molecular weight is 642 g/mol. The molecule has 0 N–H and O–H groups in total. The molecule has 2 aromatic carbocycles. The summed E-state index contributed by atoms with van der Waals surface area (Å²) >= 11 is 0. The molecule has 4 aromatic rings. The molecule has 5 nitrogen and oxygen atoms in total. The van der Waals surface area contributed by atoms with E-state index in [4.69, 9.17) is 9.97 Å². The average Bonchev–Trinajstić information content (AvgIpc) is 3.01. The zero-order valence-corrected chi connectivity index (χ0v) is 31.3. The van der Waals surface area contributed by atoms with Gasteiger partial charge in [0.15, 0.2) is 5.82 Å². The van der Waals surface area contributed by atoms with Crippen LogP contribution in [0.4, 0.5) is 23.0 Å². The van der Waals surface area contributed by atoms with Crippen LogP contribution in [-0.4, -0.2) is 21.5 Å². The van der Waals surface area contributed by atoms with E-state index in [0.29, 0.717) is 6.54 Å². The molecule has 0 aliphatic carbocycles. The van der Waals surface area contributed by atoms with E-state index in [2.05, 4.69) is 189 Å². The first-order valence-corrected chi connectivity index (χ1v) is 17.2. The maximum absolute atomic E-state index is 5.04. The number of benzene rings is 2. The maximum atomic E-state index is 5.04. The molecule has 0 atom stereocenters. The van der Waals surface area contributed by atoms with Gasteiger partial charge >= 0.3 is 0 Å². The van der Waals surface area contributed by atoms with Crippen LogP contribution in [0.3, 0.4) is 0 Å². The Bertz CT molecular complexity index is 1620. The number of anilines is 4. The van der Waals surface area contributed by atoms with Crippen molar-refractivity contribution in [3.63, 3.8) is 0 Å². The number of nitrogens with zero attached hydrogens (tertiary/aromatic N) is 5. The van der Waals surface area contributed by atoms with E-state index in [1.54, 1.807) is 0 Å². The predicted molar refractivity (Wildman–Crippen MR) is 204 cm³/mol. The van der Waals surface area contributed by atoms with Gasteiger partial charge in [0.1, 0.15) is 5.82 Å². The van der Waals surface area contributed by atoms with Gasteiger partial charge in [0.2, 0.25) is 0 Å². The minimum Gasteiger partial charge on any atom is -0.297 e. The van der Waals surface area contributed by atoms with Gasteiger partial charge in [-0.15, -0.1) is 0 Å². The third kappa shape index (κ3) is 7.84. The quantitative estimate of drug-likeness (QED) is 0.209. The van der Waals surface area contributed by atoms with Crippen molar-refractivity contribution in [2.24, 2.45) is 0 Å². The van der Waals surface area contributed by atoms with Gasteiger partial charge in [-0.2, -0.15) is 0 Å². The highest BCUT2D eigenvalue weighted by Crippen LogP contribution is 2.36. The van der Waals surface area contributed by atoms with Crippen molar-refractivity contribution >= 4 is 23.0 Å². The highest BCUT2D eigenvalue weighted by Gasteiger charge is 2.27. The fourth-order valence-electron chi connectivity index (χ4n) is 5.79. The Morgan fingerprint density at radius 3 is 1.33 bits per heavy atom. The lowest BCUT2D eigenvalue weighted by Gasteiger charge is -2.39. The van der Waals surface area contributed by atoms with Gasteiger partial charge in [0, 0.05) is 30.0 Å². The summed E-state index contributed by atoms with van der Waals surface area (Å²) in [7, 11) is 0. The van der Waals surface area contributed by atoms with E-state index in [-0.39, 0.29) is 21.7 Å². The zero-order chi connectivity index (χ0) is 35.1. The van der Waals surface area contributed by atoms with Crippen LogP contribution in [0.25, 0.3) is 0 Å². The molecule has 252 valence electrons. The molecule has 3 heterocycles. The summed E-state index contributed by atoms with van der Waals surface area (Å²) < 4.78 is 0. The van der Waals surface area contributed by atoms with Gasteiger partial charge in [-0.1, -0.05) is 119 Å². The number of allylic oxidation sites excluding steroid dienone is 2. The summed E-state index contributed by atoms with van der Waals surface area (Å²) in [4.78, 5) is 12.3. The molecule has 0 amide bonds. The molecule has 1 aliphatic heterocycles. The Hall–Kier alpha value is -4.38. The van der Waals surface area contributed by atoms with Crippen LogP contribution in [0.5, 0.6) is 0 Å². The molecule has 1 aliphatic rings. The number of hydrazine groups is 1. The SMILES string of the molecule is CC(C)(C)c1ccc(N(C2=CC=CN(N(c3ccc(C(C)(C)C)cc3)c3ccc(C(C)(C)C)cn3)C2)c2ccc(C(C)(C)C)cn2)cc1. The third-order valence-corrected chi connectivity index (χ3v) is 9.06. The van der Waals surface area contributed by atoms with Crippen LogP contribution in [0.2, 0.25) is 0 Å². The fourth-order valence-corrected chi connectivity index (χ4v) is 5.79. The number of hydrogen-bond donors (Lipinski definition) is 0. The molecule has 0 unspecified atom stereocenters. The minimum absolute atomic E-state index is 0.0181. The summed E-state index contributed by atoms with van der Waals surface area (Å²) in [5.74, 6) is 1.76. The molecule has 0 saturated heterocycles. The Balaban J connectivity index is 1.57. The maximum Gasteiger partial charge on any atom is 0.151 e. The second kappa shape index (κ2) is 12.9. The van der Waals surface area contributed by atoms with Crippen LogP contribution in [0, 0.1) is 0 Å². The first-order chi connectivity index (χ1) is 22.3. The second-order valence-corrected chi connectivity index (χ2v) is 17.1. The van der Waals surface area contributed by atoms with Gasteiger partial charge in [0.05, 0.1) is 12.2 Å². The number of pyridine rings is 2. The summed E-state index contributed by atoms with van der Waals surface area (Å²) in [6, 6.07) is 26.5. The highest BCUT2D eigenvalue weighted by atomic mass is 15.6. The van der Waals surface area contributed by atoms with E-state index in [0.717, 1.165) is 28.7 Å². The van der Waals surface area contributed by atoms with Gasteiger partial charge in [-0.3, -0.25) is 9.91 Å². The van der Waals surface area contributed by atoms with Crippen LogP contribution >= 0.6 is 0 Å². The predicted octanol–water partition coefficient (Wildman–Crippen LogP) is 11.3. The monoisotopic (exact) mass is 641 g/mol. The molecular formula is C43H55N5. The standard InChI is InChI=1S/C43H55N5/c1-40(2,3)31-15-21-35(22-16-31)47(38-25-19-33(28-44-38)42(7,8)9)37-14-13-27-46(30-37)48(36-23-17-32(18-24-36)41(4,5)6)39-26-20-34(29-45-39)43(10,11)12/h13-29H,30H2,1-12H3. The lowest BCUT2D eigenvalue weighted by molar-refractivity contribution is 0.404. The van der Waals surface area contributed by atoms with Gasteiger partial charge < -0.3 is 0 Å². The van der Waals surface area contributed by atoms with E-state index in [9.17, 15) is 0 Å². The number of rotatable bonds is 6. The summed E-state index contributed by atoms with van der Waals surface area (Å²) in [6.07, 6.45) is 10.5. The molecular weight excluding hydrogens is 587 g/mol. The Morgan fingerprint density at radius 1 is 0.500 bits per heavy atom. The van der Waals surface area contributed by atoms with Crippen molar-refractivity contribution in [3.8, 4) is 0 Å². The van der Waals surface area contributed by atoms with Gasteiger partial charge in [0.25, 0.3) is 0 Å². The Morgan fingerprint density at radius 2 is 0.917 bits per heavy atom. The molecule has 0 saturated carbocycles. The summed E-state index contributed by atoms with van der Waals surface area (Å²) in [5, 5.41) is 4.47. The van der Waals surface area contributed by atoms with Crippen molar-refractivity contribution in [2.45, 2.75) is 105 Å². The van der Waals surface area contributed by atoms with Gasteiger partial charge in [-0.05, 0) is 92.5 Å². The summed E-state index contributed by atoms with van der Waals surface area (Å²) in [6.45, 7) is 27.5. The van der Waals surface area contributed by atoms with Crippen molar-refractivity contribution < 1.29 is 0 Å². The Kier molecular flexibility index (Phi) is 9.40. The summed E-state index contributed by atoms with van der Waals surface area (Å²) in [5.41, 5.74) is 8.43. The van der Waals surface area contributed by atoms with Crippen molar-refractivity contribution in [1.82, 2.24) is 15.0 Å². The molecule has 0 fully saturated rings. The minimum atomic E-state index is 0.0181. The third-order valence-electron chi connectivity index (χ3n) is 9.06. The number of aromatic nitrogens is 2. The lowest BCUT2D eigenvalue weighted by atomic mass is 9.87. The van der Waals surface area contributed by atoms with Crippen LogP contribution in [0.15, 0.2) is 109 Å². The normalized spacial score (nSPS) is 14.2. The molecule has 0 bridgehead atoms. The smallest absolute Gasteiger partial charge is 0.151 e. The van der Waals surface area contributed by atoms with Crippen molar-refractivity contribution in [3.05, 3.63) is 131 Å². The topological polar surface area (TPSA) is 35.5 Å². The molecule has 48 heavy (non-hydrogen) atoms. The second-order valence-electron chi connectivity index (χ2n) is 17.1. The lowest BCUT2D eigenvalue weighted by Crippen LogP contribution is -2.41. The van der Waals surface area contributed by atoms with E-state index >= 15 is 0 Å². The van der Waals surface area contributed by atoms with Gasteiger partial charge in [-0.25, -0.2) is 15.0 Å². The first-order valence-electron chi connectivity index (χ1n) is 17.2. The molecule has 0 spiro atoms. The van der Waals surface area contributed by atoms with Crippen LogP contribution < -0.4 is 9.91 Å². The number of hydrogen-bond acceptors (Lipinski definition) is 5. The largest absolute Gasteiger partial charge is 0.297 e. The zero-order valence-electron chi connectivity index (χ0n) is 31.3. The van der Waals surface area contributed by atoms with E-state index in [1.807, 2.05) is 12.4 Å². The van der Waals surface area contributed by atoms with Crippen LogP contribution in [-0.2, 0) is 21.7 Å². The Labute approximate surface area is 290 Å². The van der Waals surface area contributed by atoms with E-state index < -0.39 is 0 Å². The first kappa shape index (κ1) is 34.9. The fraction of sp³-hybridized carbons (Fsp3) is 0.395. The highest BCUT2D eigenvalue weighted by molar-refractivity contribution is 5.68. The van der Waals surface area contributed by atoms with Crippen molar-refractivity contribution in [1.29, 1.82) is 0 Å². The molecule has 2 aromatic heterocycles.